The smallest absolute Gasteiger partial charge is 0.263 e. The summed E-state index contributed by atoms with van der Waals surface area (Å²) in [5.74, 6) is 1.32. The van der Waals surface area contributed by atoms with Gasteiger partial charge in [-0.15, -0.1) is 0 Å². The first-order valence-electron chi connectivity index (χ1n) is 8.93. The summed E-state index contributed by atoms with van der Waals surface area (Å²) in [6.07, 6.45) is 3.24. The molecule has 2 aliphatic rings. The molecule has 0 unspecified atom stereocenters. The number of likely N-dealkylation sites (N-methyl/N-ethyl adjacent to an activating group) is 1. The number of piperidine rings is 1. The topological polar surface area (TPSA) is 78.6 Å². The highest BCUT2D eigenvalue weighted by molar-refractivity contribution is 5.88. The Kier molecular flexibility index (Phi) is 4.29. The zero-order valence-corrected chi connectivity index (χ0v) is 14.8. The number of aromatic nitrogens is 3. The van der Waals surface area contributed by atoms with Crippen molar-refractivity contribution in [1.29, 1.82) is 0 Å². The Hall–Kier alpha value is -2.22. The number of hydrogen-bond acceptors (Lipinski definition) is 7. The lowest BCUT2D eigenvalue weighted by Crippen LogP contribution is -2.50. The Balaban J connectivity index is 1.43. The third kappa shape index (κ3) is 3.06. The Morgan fingerprint density at radius 2 is 1.84 bits per heavy atom. The Labute approximate surface area is 146 Å². The van der Waals surface area contributed by atoms with Crippen LogP contribution in [-0.2, 0) is 4.79 Å². The number of aryl methyl sites for hydroxylation is 1. The van der Waals surface area contributed by atoms with Crippen molar-refractivity contribution in [2.24, 2.45) is 5.92 Å². The maximum absolute atomic E-state index is 12.8. The molecule has 8 heteroatoms. The van der Waals surface area contributed by atoms with Crippen molar-refractivity contribution >= 4 is 22.8 Å². The molecule has 0 bridgehead atoms. The maximum atomic E-state index is 12.8. The van der Waals surface area contributed by atoms with E-state index in [-0.39, 0.29) is 5.92 Å². The van der Waals surface area contributed by atoms with Gasteiger partial charge in [0.05, 0.1) is 5.69 Å². The second-order valence-electron chi connectivity index (χ2n) is 7.04. The predicted octanol–water partition coefficient (Wildman–Crippen LogP) is 0.917. The molecular weight excluding hydrogens is 320 g/mol. The number of amides is 1. The van der Waals surface area contributed by atoms with Crippen LogP contribution in [0.4, 0.5) is 5.82 Å². The van der Waals surface area contributed by atoms with Gasteiger partial charge in [-0.3, -0.25) is 4.79 Å². The highest BCUT2D eigenvalue weighted by Crippen LogP contribution is 2.30. The molecule has 1 amide bonds. The monoisotopic (exact) mass is 344 g/mol. The third-order valence-corrected chi connectivity index (χ3v) is 5.38. The van der Waals surface area contributed by atoms with Gasteiger partial charge in [0.1, 0.15) is 17.5 Å². The van der Waals surface area contributed by atoms with Crippen molar-refractivity contribution in [1.82, 2.24) is 24.9 Å². The van der Waals surface area contributed by atoms with Gasteiger partial charge in [-0.1, -0.05) is 5.16 Å². The highest BCUT2D eigenvalue weighted by Gasteiger charge is 2.31. The van der Waals surface area contributed by atoms with E-state index in [9.17, 15) is 4.79 Å². The van der Waals surface area contributed by atoms with Crippen LogP contribution in [0.25, 0.3) is 11.1 Å². The highest BCUT2D eigenvalue weighted by atomic mass is 16.5. The lowest BCUT2D eigenvalue weighted by atomic mass is 9.94. The van der Waals surface area contributed by atoms with E-state index in [0.717, 1.165) is 69.0 Å². The van der Waals surface area contributed by atoms with Crippen LogP contribution in [-0.4, -0.2) is 77.1 Å². The number of carbonyl (C=O) groups excluding carboxylic acids is 1. The summed E-state index contributed by atoms with van der Waals surface area (Å²) in [5, 5.41) is 4.87. The fourth-order valence-electron chi connectivity index (χ4n) is 3.77. The van der Waals surface area contributed by atoms with Gasteiger partial charge in [-0.25, -0.2) is 4.98 Å². The molecule has 134 valence electrons. The molecule has 2 fully saturated rings. The standard InChI is InChI=1S/C17H24N6O2/c1-12-14-15(18-11-19-16(14)25-20-12)22-5-3-13(4-6-22)17(24)23-9-7-21(2)8-10-23/h11,13H,3-10H2,1-2H3. The number of piperazine rings is 1. The van der Waals surface area contributed by atoms with Crippen molar-refractivity contribution in [2.75, 3.05) is 51.2 Å². The van der Waals surface area contributed by atoms with Crippen LogP contribution in [0.15, 0.2) is 10.9 Å². The first-order chi connectivity index (χ1) is 12.1. The van der Waals surface area contributed by atoms with Crippen LogP contribution < -0.4 is 4.90 Å². The van der Waals surface area contributed by atoms with Crippen LogP contribution in [0.5, 0.6) is 0 Å². The van der Waals surface area contributed by atoms with E-state index in [1.807, 2.05) is 11.8 Å². The molecule has 0 spiro atoms. The van der Waals surface area contributed by atoms with E-state index in [1.54, 1.807) is 0 Å². The Bertz CT molecular complexity index is 760. The van der Waals surface area contributed by atoms with E-state index < -0.39 is 0 Å². The van der Waals surface area contributed by atoms with Crippen LogP contribution >= 0.6 is 0 Å². The first-order valence-corrected chi connectivity index (χ1v) is 8.93. The molecule has 0 aliphatic carbocycles. The van der Waals surface area contributed by atoms with E-state index in [0.29, 0.717) is 11.6 Å². The van der Waals surface area contributed by atoms with E-state index in [1.165, 1.54) is 6.33 Å². The Morgan fingerprint density at radius 1 is 1.12 bits per heavy atom. The molecule has 0 saturated carbocycles. The predicted molar refractivity (Wildman–Crippen MR) is 93.4 cm³/mol. The molecule has 2 saturated heterocycles. The van der Waals surface area contributed by atoms with Crippen LogP contribution in [0.2, 0.25) is 0 Å². The summed E-state index contributed by atoms with van der Waals surface area (Å²) in [7, 11) is 2.11. The van der Waals surface area contributed by atoms with Crippen LogP contribution in [0, 0.1) is 12.8 Å². The van der Waals surface area contributed by atoms with Gasteiger partial charge >= 0.3 is 0 Å². The molecule has 0 aromatic carbocycles. The van der Waals surface area contributed by atoms with E-state index in [2.05, 4.69) is 32.0 Å². The number of hydrogen-bond donors (Lipinski definition) is 0. The van der Waals surface area contributed by atoms with Crippen molar-refractivity contribution in [2.45, 2.75) is 19.8 Å². The van der Waals surface area contributed by atoms with Gasteiger partial charge in [0, 0.05) is 45.2 Å². The average molecular weight is 344 g/mol. The fourth-order valence-corrected chi connectivity index (χ4v) is 3.77. The zero-order valence-electron chi connectivity index (χ0n) is 14.8. The number of nitrogens with zero attached hydrogens (tertiary/aromatic N) is 6. The number of anilines is 1. The van der Waals surface area contributed by atoms with Crippen molar-refractivity contribution in [3.63, 3.8) is 0 Å². The van der Waals surface area contributed by atoms with Crippen molar-refractivity contribution in [3.8, 4) is 0 Å². The quantitative estimate of drug-likeness (QED) is 0.801. The lowest BCUT2D eigenvalue weighted by molar-refractivity contribution is -0.137. The fraction of sp³-hybridized carbons (Fsp3) is 0.647. The molecule has 0 radical (unpaired) electrons. The van der Waals surface area contributed by atoms with Crippen LogP contribution in [0.1, 0.15) is 18.5 Å². The number of carbonyl (C=O) groups is 1. The summed E-state index contributed by atoms with van der Waals surface area (Å²) in [5.41, 5.74) is 1.33. The molecule has 4 heterocycles. The SMILES string of the molecule is Cc1noc2ncnc(N3CCC(C(=O)N4CCN(C)CC4)CC3)c12. The normalized spacial score (nSPS) is 20.4. The van der Waals surface area contributed by atoms with Gasteiger partial charge in [-0.2, -0.15) is 4.98 Å². The largest absolute Gasteiger partial charge is 0.356 e. The number of rotatable bonds is 2. The van der Waals surface area contributed by atoms with Gasteiger partial charge < -0.3 is 19.2 Å². The van der Waals surface area contributed by atoms with Gasteiger partial charge in [-0.05, 0) is 26.8 Å². The second kappa shape index (κ2) is 6.59. The zero-order chi connectivity index (χ0) is 17.4. The molecule has 25 heavy (non-hydrogen) atoms. The molecule has 4 rings (SSSR count). The molecule has 0 atom stereocenters. The molecule has 2 aromatic heterocycles. The van der Waals surface area contributed by atoms with Crippen LogP contribution in [0.3, 0.4) is 0 Å². The van der Waals surface area contributed by atoms with Crippen molar-refractivity contribution < 1.29 is 9.32 Å². The summed E-state index contributed by atoms with van der Waals surface area (Å²) in [6.45, 7) is 7.18. The molecule has 2 aliphatic heterocycles. The second-order valence-corrected chi connectivity index (χ2v) is 7.04. The maximum Gasteiger partial charge on any atom is 0.263 e. The first kappa shape index (κ1) is 16.3. The summed E-state index contributed by atoms with van der Waals surface area (Å²) in [6, 6.07) is 0. The van der Waals surface area contributed by atoms with E-state index in [4.69, 9.17) is 4.52 Å². The summed E-state index contributed by atoms with van der Waals surface area (Å²) < 4.78 is 5.23. The number of fused-ring (bicyclic) bond motifs is 1. The minimum Gasteiger partial charge on any atom is -0.356 e. The summed E-state index contributed by atoms with van der Waals surface area (Å²) in [4.78, 5) is 27.9. The molecule has 0 N–H and O–H groups in total. The molecular formula is C17H24N6O2. The van der Waals surface area contributed by atoms with Gasteiger partial charge in [0.15, 0.2) is 0 Å². The molecule has 8 nitrogen and oxygen atoms in total. The van der Waals surface area contributed by atoms with Crippen molar-refractivity contribution in [3.05, 3.63) is 12.0 Å². The summed E-state index contributed by atoms with van der Waals surface area (Å²) >= 11 is 0. The van der Waals surface area contributed by atoms with Gasteiger partial charge in [0.2, 0.25) is 5.91 Å². The van der Waals surface area contributed by atoms with E-state index >= 15 is 0 Å². The average Bonchev–Trinajstić information content (AvgIpc) is 3.03. The van der Waals surface area contributed by atoms with Gasteiger partial charge in [0.25, 0.3) is 5.71 Å². The minimum atomic E-state index is 0.126. The third-order valence-electron chi connectivity index (χ3n) is 5.38. The lowest BCUT2D eigenvalue weighted by Gasteiger charge is -2.37. The minimum absolute atomic E-state index is 0.126. The molecule has 2 aromatic rings. The Morgan fingerprint density at radius 3 is 2.56 bits per heavy atom.